The summed E-state index contributed by atoms with van der Waals surface area (Å²) in [5.74, 6) is 0. The number of allylic oxidation sites excluding steroid dienone is 1. The molecule has 8 rings (SSSR count). The van der Waals surface area contributed by atoms with Crippen molar-refractivity contribution in [2.45, 2.75) is 107 Å². The van der Waals surface area contributed by atoms with Crippen molar-refractivity contribution in [3.05, 3.63) is 245 Å². The van der Waals surface area contributed by atoms with Crippen LogP contribution in [0, 0.1) is 20.2 Å². The van der Waals surface area contributed by atoms with Gasteiger partial charge in [0.25, 0.3) is 5.70 Å². The lowest BCUT2D eigenvalue weighted by atomic mass is 9.79. The molecule has 0 bridgehead atoms. The highest BCUT2D eigenvalue weighted by molar-refractivity contribution is 5.71. The predicted molar refractivity (Wildman–Crippen MR) is 284 cm³/mol. The Morgan fingerprint density at radius 3 is 1.30 bits per heavy atom. The quantitative estimate of drug-likeness (QED) is 0.0517. The van der Waals surface area contributed by atoms with Gasteiger partial charge in [0.15, 0.2) is 0 Å². The first-order valence-electron chi connectivity index (χ1n) is 26.3. The van der Waals surface area contributed by atoms with Crippen LogP contribution in [0.25, 0.3) is 0 Å². The number of nitrogens with zero attached hydrogens (tertiary/aromatic N) is 4. The summed E-state index contributed by atoms with van der Waals surface area (Å²) in [6, 6.07) is 35.3. The third-order valence-electron chi connectivity index (χ3n) is 14.6. The van der Waals surface area contributed by atoms with Gasteiger partial charge in [0.05, 0.1) is 76.4 Å². The Hall–Kier alpha value is -8.52. The monoisotopic (exact) mass is 1220 g/mol. The summed E-state index contributed by atoms with van der Waals surface area (Å²) in [6.45, 7) is 1.12. The number of ether oxygens (including phenoxy) is 4. The van der Waals surface area contributed by atoms with E-state index in [2.05, 4.69) is 0 Å². The van der Waals surface area contributed by atoms with E-state index in [0.29, 0.717) is 46.5 Å². The maximum absolute atomic E-state index is 13.5. The fourth-order valence-electron chi connectivity index (χ4n) is 9.87. The van der Waals surface area contributed by atoms with Crippen LogP contribution in [0.1, 0.15) is 107 Å². The van der Waals surface area contributed by atoms with Gasteiger partial charge in [-0.25, -0.2) is 9.59 Å². The largest absolute Gasteiger partial charge is 0.445 e. The summed E-state index contributed by atoms with van der Waals surface area (Å²) in [5.41, 5.74) is -7.52. The minimum absolute atomic E-state index is 0.0200. The molecule has 2 aliphatic heterocycles. The zero-order valence-electron chi connectivity index (χ0n) is 45.6. The van der Waals surface area contributed by atoms with Crippen LogP contribution in [0.15, 0.2) is 170 Å². The lowest BCUT2D eigenvalue weighted by molar-refractivity contribution is -0.528. The topological polar surface area (TPSA) is 164 Å². The van der Waals surface area contributed by atoms with Gasteiger partial charge in [-0.05, 0) is 96.5 Å². The van der Waals surface area contributed by atoms with Gasteiger partial charge >= 0.3 is 36.9 Å². The molecule has 2 heterocycles. The van der Waals surface area contributed by atoms with E-state index in [1.807, 2.05) is 0 Å². The fraction of sp³-hybridized carbons (Fsp3) is 0.333. The summed E-state index contributed by atoms with van der Waals surface area (Å²) in [5, 5.41) is 23.4. The molecule has 1 unspecified atom stereocenters. The zero-order valence-corrected chi connectivity index (χ0v) is 45.6. The summed E-state index contributed by atoms with van der Waals surface area (Å²) in [7, 11) is 0. The van der Waals surface area contributed by atoms with Crippen LogP contribution in [-0.2, 0) is 67.9 Å². The molecule has 86 heavy (non-hydrogen) atoms. The van der Waals surface area contributed by atoms with E-state index in [1.165, 1.54) is 18.7 Å². The third-order valence-corrected chi connectivity index (χ3v) is 14.6. The number of likely N-dealkylation sites (tertiary alicyclic amines) is 1. The lowest BCUT2D eigenvalue weighted by Crippen LogP contribution is -2.59. The normalized spacial score (nSPS) is 19.0. The predicted octanol–water partition coefficient (Wildman–Crippen LogP) is 16.0. The van der Waals surface area contributed by atoms with Gasteiger partial charge in [-0.2, -0.15) is 52.7 Å². The van der Waals surface area contributed by atoms with Gasteiger partial charge in [0.1, 0.15) is 13.2 Å². The molecule has 5 atom stereocenters. The number of amides is 2. The highest BCUT2D eigenvalue weighted by Gasteiger charge is 2.51. The number of piperidine rings is 1. The Morgan fingerprint density at radius 2 is 0.919 bits per heavy atom. The van der Waals surface area contributed by atoms with Crippen LogP contribution < -0.4 is 0 Å². The average molecular weight is 1220 g/mol. The van der Waals surface area contributed by atoms with E-state index < -0.39 is 105 Å². The van der Waals surface area contributed by atoms with Gasteiger partial charge in [-0.15, -0.1) is 0 Å². The smallest absolute Gasteiger partial charge is 0.416 e. The van der Waals surface area contributed by atoms with Gasteiger partial charge in [-0.1, -0.05) is 121 Å². The molecule has 2 aliphatic rings. The molecule has 14 nitrogen and oxygen atoms in total. The molecular weight excluding hydrogens is 1160 g/mol. The number of carbonyl (C=O) groups excluding carboxylic acids is 2. The van der Waals surface area contributed by atoms with E-state index in [-0.39, 0.29) is 81.0 Å². The molecule has 6 aromatic rings. The molecule has 0 aromatic heterocycles. The minimum Gasteiger partial charge on any atom is -0.445 e. The molecule has 26 heteroatoms. The number of halogens is 12. The lowest BCUT2D eigenvalue weighted by Gasteiger charge is -2.47. The summed E-state index contributed by atoms with van der Waals surface area (Å²) in [4.78, 5) is 51.5. The van der Waals surface area contributed by atoms with Crippen molar-refractivity contribution in [3.8, 4) is 0 Å². The number of rotatable bonds is 16. The zero-order chi connectivity index (χ0) is 62.8. The van der Waals surface area contributed by atoms with Crippen molar-refractivity contribution >= 4 is 12.2 Å². The van der Waals surface area contributed by atoms with E-state index in [1.54, 1.807) is 121 Å². The molecule has 0 aliphatic carbocycles. The number of hydrogen-bond donors (Lipinski definition) is 0. The van der Waals surface area contributed by atoms with Crippen molar-refractivity contribution in [2.75, 3.05) is 19.8 Å². The van der Waals surface area contributed by atoms with Crippen LogP contribution in [0.5, 0.6) is 0 Å². The Morgan fingerprint density at radius 1 is 0.547 bits per heavy atom. The standard InChI is InChI=1S/C30H28F6N2O5.C30H26F6N2O5/c2*1-20(22-14-24(29(31,32)33)16-25(15-22)30(34,35)36)43-19-28(23-10-6-3-7-11-23)13-12-26(38(40)41)17-37(28)27(39)42-18-21-8-4-2-5-9-21/h2-11,14-16,20,26H,12-13,17-19H2,1H3;2-11,14-17,20H,12-13,18-19H2,1H3/t20-,26?,28-;20-,28-/m11/s1. The molecule has 6 aromatic carbocycles. The van der Waals surface area contributed by atoms with Crippen LogP contribution in [0.4, 0.5) is 62.3 Å². The molecule has 0 radical (unpaired) electrons. The second-order valence-corrected chi connectivity index (χ2v) is 20.3. The van der Waals surface area contributed by atoms with Gasteiger partial charge in [0, 0.05) is 17.8 Å². The molecule has 0 spiro atoms. The highest BCUT2D eigenvalue weighted by atomic mass is 19.4. The van der Waals surface area contributed by atoms with E-state index in [0.717, 1.165) is 11.1 Å². The second-order valence-electron chi connectivity index (χ2n) is 20.3. The van der Waals surface area contributed by atoms with Crippen LogP contribution in [-0.4, -0.2) is 57.6 Å². The summed E-state index contributed by atoms with van der Waals surface area (Å²) in [6.07, 6.45) is -23.7. The van der Waals surface area contributed by atoms with Crippen LogP contribution in [0.3, 0.4) is 0 Å². The van der Waals surface area contributed by atoms with E-state index >= 15 is 0 Å². The highest BCUT2D eigenvalue weighted by Crippen LogP contribution is 2.45. The van der Waals surface area contributed by atoms with Crippen molar-refractivity contribution in [1.29, 1.82) is 0 Å². The molecule has 1 saturated heterocycles. The van der Waals surface area contributed by atoms with E-state index in [4.69, 9.17) is 18.9 Å². The first kappa shape index (κ1) is 65.0. The number of nitro groups is 2. The number of carbonyl (C=O) groups is 2. The molecule has 1 fully saturated rings. The molecule has 2 amide bonds. The molecule has 458 valence electrons. The van der Waals surface area contributed by atoms with E-state index in [9.17, 15) is 82.5 Å². The maximum atomic E-state index is 13.5. The van der Waals surface area contributed by atoms with Crippen molar-refractivity contribution in [2.24, 2.45) is 0 Å². The Labute approximate surface area is 483 Å². The first-order chi connectivity index (χ1) is 40.4. The van der Waals surface area contributed by atoms with Gasteiger partial charge < -0.3 is 18.9 Å². The summed E-state index contributed by atoms with van der Waals surface area (Å²) >= 11 is 0. The number of benzene rings is 6. The second kappa shape index (κ2) is 26.8. The molecule has 0 N–H and O–H groups in total. The van der Waals surface area contributed by atoms with Crippen LogP contribution >= 0.6 is 0 Å². The Balaban J connectivity index is 0.000000246. The Bertz CT molecular complexity index is 3270. The third kappa shape index (κ3) is 16.1. The fourth-order valence-corrected chi connectivity index (χ4v) is 9.87. The van der Waals surface area contributed by atoms with Gasteiger partial charge in [0.2, 0.25) is 6.04 Å². The maximum Gasteiger partial charge on any atom is 0.416 e. The minimum atomic E-state index is -5.05. The van der Waals surface area contributed by atoms with Crippen molar-refractivity contribution < 1.29 is 91.1 Å². The van der Waals surface area contributed by atoms with Crippen molar-refractivity contribution in [1.82, 2.24) is 9.80 Å². The van der Waals surface area contributed by atoms with Crippen LogP contribution in [0.2, 0.25) is 0 Å². The SMILES string of the molecule is C[C@@H](OC[C@@]1(c2ccccc2)CCC([N+](=O)[O-])=CN1C(=O)OCc1ccccc1)c1cc(C(F)(F)F)cc(C(F)(F)F)c1.C[C@@H](OC[C@@]1(c2ccccc2)CCC([N+](=O)[O-])CN1C(=O)OCc1ccccc1)c1cc(C(F)(F)F)cc(C(F)(F)F)c1. The summed E-state index contributed by atoms with van der Waals surface area (Å²) < 4.78 is 185. The first-order valence-corrected chi connectivity index (χ1v) is 26.3. The molecular formula is C60H54F12N4O10. The molecule has 0 saturated carbocycles. The number of hydrogen-bond acceptors (Lipinski definition) is 10. The average Bonchev–Trinajstić information content (AvgIpc) is 0.829. The number of alkyl halides is 12. The van der Waals surface area contributed by atoms with Crippen molar-refractivity contribution in [3.63, 3.8) is 0 Å². The Kier molecular flexibility index (Phi) is 20.3. The van der Waals surface area contributed by atoms with Gasteiger partial charge in [-0.3, -0.25) is 30.0 Å².